The van der Waals surface area contributed by atoms with Gasteiger partial charge in [0.05, 0.1) is 4.88 Å². The van der Waals surface area contributed by atoms with Crippen LogP contribution >= 0.6 is 11.3 Å². The van der Waals surface area contributed by atoms with Gasteiger partial charge in [-0.3, -0.25) is 10.2 Å². The number of nitrogens with one attached hydrogen (secondary N) is 1. The molecule has 1 heterocycles. The van der Waals surface area contributed by atoms with E-state index in [0.29, 0.717) is 11.4 Å². The molecule has 5 heteroatoms. The Morgan fingerprint density at radius 3 is 2.63 bits per heavy atom. The van der Waals surface area contributed by atoms with Gasteiger partial charge in [0.2, 0.25) is 0 Å². The summed E-state index contributed by atoms with van der Waals surface area (Å²) >= 11 is 1.40. The van der Waals surface area contributed by atoms with Crippen molar-refractivity contribution in [1.82, 2.24) is 5.43 Å². The Kier molecular flexibility index (Phi) is 4.19. The van der Waals surface area contributed by atoms with Crippen LogP contribution in [0.15, 0.2) is 35.7 Å². The van der Waals surface area contributed by atoms with E-state index in [0.717, 1.165) is 11.3 Å². The number of carbonyl (C=O) groups is 1. The van der Waals surface area contributed by atoms with Crippen molar-refractivity contribution in [2.24, 2.45) is 5.84 Å². The number of amides is 1. The fourth-order valence-electron chi connectivity index (χ4n) is 1.87. The molecule has 0 spiro atoms. The van der Waals surface area contributed by atoms with Crippen molar-refractivity contribution in [3.8, 4) is 0 Å². The van der Waals surface area contributed by atoms with Crippen LogP contribution in [0.3, 0.4) is 0 Å². The number of thiophene rings is 1. The summed E-state index contributed by atoms with van der Waals surface area (Å²) in [6.45, 7) is 2.74. The van der Waals surface area contributed by atoms with Crippen molar-refractivity contribution in [3.63, 3.8) is 0 Å². The molecule has 0 radical (unpaired) electrons. The van der Waals surface area contributed by atoms with Gasteiger partial charge in [0.25, 0.3) is 5.91 Å². The Morgan fingerprint density at radius 1 is 1.32 bits per heavy atom. The van der Waals surface area contributed by atoms with Gasteiger partial charge in [-0.25, -0.2) is 5.84 Å². The monoisotopic (exact) mass is 275 g/mol. The summed E-state index contributed by atoms with van der Waals surface area (Å²) in [4.78, 5) is 14.4. The minimum Gasteiger partial charge on any atom is -0.370 e. The molecule has 2 aromatic rings. The number of hydrogen-bond acceptors (Lipinski definition) is 4. The summed E-state index contributed by atoms with van der Waals surface area (Å²) in [6.07, 6.45) is 0. The van der Waals surface area contributed by atoms with E-state index in [2.05, 4.69) is 41.5 Å². The zero-order chi connectivity index (χ0) is 13.8. The molecule has 1 amide bonds. The SMILES string of the molecule is Cc1ccc(N(C)Cc2ccsc2C(=O)NN)cc1. The molecule has 4 nitrogen and oxygen atoms in total. The Hall–Kier alpha value is -1.85. The summed E-state index contributed by atoms with van der Waals surface area (Å²) in [5, 5.41) is 1.91. The minimum atomic E-state index is -0.234. The highest BCUT2D eigenvalue weighted by Gasteiger charge is 2.13. The average molecular weight is 275 g/mol. The summed E-state index contributed by atoms with van der Waals surface area (Å²) in [5.41, 5.74) is 5.52. The largest absolute Gasteiger partial charge is 0.370 e. The Bertz CT molecular complexity index is 562. The number of rotatable bonds is 4. The molecule has 1 aromatic heterocycles. The van der Waals surface area contributed by atoms with Crippen LogP contribution in [0, 0.1) is 6.92 Å². The molecule has 0 fully saturated rings. The number of benzene rings is 1. The van der Waals surface area contributed by atoms with E-state index in [4.69, 9.17) is 5.84 Å². The van der Waals surface area contributed by atoms with Gasteiger partial charge in [0.15, 0.2) is 0 Å². The van der Waals surface area contributed by atoms with E-state index >= 15 is 0 Å². The number of anilines is 1. The van der Waals surface area contributed by atoms with Gasteiger partial charge >= 0.3 is 0 Å². The molecule has 0 bridgehead atoms. The molecule has 0 aliphatic heterocycles. The number of hydrogen-bond donors (Lipinski definition) is 2. The predicted octanol–water partition coefficient (Wildman–Crippen LogP) is 2.30. The number of nitrogen functional groups attached to an aromatic ring is 1. The second-order valence-electron chi connectivity index (χ2n) is 4.44. The van der Waals surface area contributed by atoms with Crippen LogP contribution in [0.4, 0.5) is 5.69 Å². The van der Waals surface area contributed by atoms with Gasteiger partial charge in [-0.1, -0.05) is 17.7 Å². The van der Waals surface area contributed by atoms with E-state index in [1.165, 1.54) is 16.9 Å². The third kappa shape index (κ3) is 3.13. The van der Waals surface area contributed by atoms with Gasteiger partial charge < -0.3 is 4.90 Å². The summed E-state index contributed by atoms with van der Waals surface area (Å²) < 4.78 is 0. The van der Waals surface area contributed by atoms with Crippen LogP contribution in [0.25, 0.3) is 0 Å². The number of carbonyl (C=O) groups excluding carboxylic acids is 1. The normalized spacial score (nSPS) is 10.3. The Labute approximate surface area is 116 Å². The third-order valence-corrected chi connectivity index (χ3v) is 3.92. The first-order valence-corrected chi connectivity index (χ1v) is 6.85. The number of aryl methyl sites for hydroxylation is 1. The number of hydrazine groups is 1. The maximum absolute atomic E-state index is 11.6. The highest BCUT2D eigenvalue weighted by Crippen LogP contribution is 2.21. The topological polar surface area (TPSA) is 58.4 Å². The van der Waals surface area contributed by atoms with Crippen molar-refractivity contribution in [2.45, 2.75) is 13.5 Å². The van der Waals surface area contributed by atoms with Crippen molar-refractivity contribution < 1.29 is 4.79 Å². The zero-order valence-corrected chi connectivity index (χ0v) is 11.8. The Balaban J connectivity index is 2.15. The van der Waals surface area contributed by atoms with Crippen molar-refractivity contribution in [2.75, 3.05) is 11.9 Å². The lowest BCUT2D eigenvalue weighted by atomic mass is 10.2. The molecule has 3 N–H and O–H groups in total. The first kappa shape index (κ1) is 13.6. The van der Waals surface area contributed by atoms with Crippen LogP contribution in [0.2, 0.25) is 0 Å². The first-order valence-electron chi connectivity index (χ1n) is 5.97. The van der Waals surface area contributed by atoms with Crippen LogP contribution in [-0.2, 0) is 6.54 Å². The zero-order valence-electron chi connectivity index (χ0n) is 11.0. The van der Waals surface area contributed by atoms with Gasteiger partial charge in [0, 0.05) is 19.3 Å². The van der Waals surface area contributed by atoms with Gasteiger partial charge in [-0.15, -0.1) is 11.3 Å². The van der Waals surface area contributed by atoms with E-state index in [1.807, 2.05) is 18.5 Å². The molecule has 0 atom stereocenters. The second kappa shape index (κ2) is 5.86. The average Bonchev–Trinajstić information content (AvgIpc) is 2.86. The quantitative estimate of drug-likeness (QED) is 0.511. The minimum absolute atomic E-state index is 0.234. The summed E-state index contributed by atoms with van der Waals surface area (Å²) in [5.74, 6) is 4.95. The molecule has 0 unspecified atom stereocenters. The first-order chi connectivity index (χ1) is 9.11. The lowest BCUT2D eigenvalue weighted by Crippen LogP contribution is -2.30. The highest BCUT2D eigenvalue weighted by atomic mass is 32.1. The molecule has 100 valence electrons. The van der Waals surface area contributed by atoms with Crippen LogP contribution in [0.1, 0.15) is 20.8 Å². The van der Waals surface area contributed by atoms with E-state index in [-0.39, 0.29) is 5.91 Å². The molecule has 0 aliphatic carbocycles. The fraction of sp³-hybridized carbons (Fsp3) is 0.214. The van der Waals surface area contributed by atoms with Crippen molar-refractivity contribution in [1.29, 1.82) is 0 Å². The van der Waals surface area contributed by atoms with Crippen molar-refractivity contribution in [3.05, 3.63) is 51.7 Å². The third-order valence-electron chi connectivity index (χ3n) is 2.97. The lowest BCUT2D eigenvalue weighted by molar-refractivity contribution is 0.0957. The fourth-order valence-corrected chi connectivity index (χ4v) is 2.69. The number of nitrogens with two attached hydrogens (primary N) is 1. The van der Waals surface area contributed by atoms with Gasteiger partial charge in [0.1, 0.15) is 0 Å². The standard InChI is InChI=1S/C14H17N3OS/c1-10-3-5-12(6-4-10)17(2)9-11-7-8-19-13(11)14(18)16-15/h3-8H,9,15H2,1-2H3,(H,16,18). The second-order valence-corrected chi connectivity index (χ2v) is 5.36. The van der Waals surface area contributed by atoms with E-state index in [1.54, 1.807) is 0 Å². The van der Waals surface area contributed by atoms with Crippen LogP contribution in [-0.4, -0.2) is 13.0 Å². The summed E-state index contributed by atoms with van der Waals surface area (Å²) in [6, 6.07) is 10.3. The van der Waals surface area contributed by atoms with E-state index in [9.17, 15) is 4.79 Å². The molecule has 0 saturated heterocycles. The molecule has 0 aliphatic rings. The highest BCUT2D eigenvalue weighted by molar-refractivity contribution is 7.12. The smallest absolute Gasteiger partial charge is 0.275 e. The predicted molar refractivity (Wildman–Crippen MR) is 79.3 cm³/mol. The maximum atomic E-state index is 11.6. The molecular weight excluding hydrogens is 258 g/mol. The van der Waals surface area contributed by atoms with Crippen molar-refractivity contribution >= 4 is 22.9 Å². The molecule has 2 rings (SSSR count). The molecule has 1 aromatic carbocycles. The van der Waals surface area contributed by atoms with Gasteiger partial charge in [-0.2, -0.15) is 0 Å². The molecule has 0 saturated carbocycles. The molecule has 19 heavy (non-hydrogen) atoms. The lowest BCUT2D eigenvalue weighted by Gasteiger charge is -2.19. The summed E-state index contributed by atoms with van der Waals surface area (Å²) in [7, 11) is 2.01. The van der Waals surface area contributed by atoms with E-state index < -0.39 is 0 Å². The molecular formula is C14H17N3OS. The number of nitrogens with zero attached hydrogens (tertiary/aromatic N) is 1. The van der Waals surface area contributed by atoms with Crippen LogP contribution < -0.4 is 16.2 Å². The van der Waals surface area contributed by atoms with Gasteiger partial charge in [-0.05, 0) is 36.1 Å². The Morgan fingerprint density at radius 2 is 2.00 bits per heavy atom. The maximum Gasteiger partial charge on any atom is 0.275 e. The van der Waals surface area contributed by atoms with Crippen LogP contribution in [0.5, 0.6) is 0 Å².